The number of rotatable bonds is 5. The van der Waals surface area contributed by atoms with E-state index in [1.54, 1.807) is 36.1 Å². The minimum atomic E-state index is -0.811. The second-order valence-corrected chi connectivity index (χ2v) is 7.51. The van der Waals surface area contributed by atoms with Crippen molar-refractivity contribution in [3.63, 3.8) is 0 Å². The van der Waals surface area contributed by atoms with E-state index in [1.165, 1.54) is 6.92 Å². The summed E-state index contributed by atoms with van der Waals surface area (Å²) < 4.78 is 6.77. The van der Waals surface area contributed by atoms with Crippen molar-refractivity contribution in [2.45, 2.75) is 26.3 Å². The molecule has 164 valence electrons. The Hall–Kier alpha value is -4.14. The number of methoxy groups -OCH3 is 1. The Bertz CT molecular complexity index is 1200. The van der Waals surface area contributed by atoms with Crippen LogP contribution >= 0.6 is 0 Å². The Labute approximate surface area is 184 Å². The normalized spacial score (nSPS) is 14.8. The van der Waals surface area contributed by atoms with Gasteiger partial charge in [-0.1, -0.05) is 6.07 Å². The van der Waals surface area contributed by atoms with Gasteiger partial charge in [-0.25, -0.2) is 4.68 Å². The number of hydrogen-bond acceptors (Lipinski definition) is 5. The molecule has 2 aromatic carbocycles. The number of amides is 3. The molecule has 0 saturated heterocycles. The smallest absolute Gasteiger partial charge is 0.249 e. The molecular weight excluding hydrogens is 410 g/mol. The lowest BCUT2D eigenvalue weighted by atomic mass is 10.1. The minimum Gasteiger partial charge on any atom is -0.497 e. The summed E-state index contributed by atoms with van der Waals surface area (Å²) in [4.78, 5) is 36.7. The lowest BCUT2D eigenvalue weighted by Gasteiger charge is -2.24. The highest BCUT2D eigenvalue weighted by atomic mass is 16.5. The molecule has 32 heavy (non-hydrogen) atoms. The van der Waals surface area contributed by atoms with Crippen LogP contribution in [-0.2, 0) is 14.4 Å². The summed E-state index contributed by atoms with van der Waals surface area (Å²) >= 11 is 0. The van der Waals surface area contributed by atoms with Gasteiger partial charge in [0.2, 0.25) is 17.7 Å². The number of aromatic nitrogens is 2. The summed E-state index contributed by atoms with van der Waals surface area (Å²) in [7, 11) is 1.60. The molecule has 3 aromatic rings. The van der Waals surface area contributed by atoms with Crippen LogP contribution < -0.4 is 20.7 Å². The molecular formula is C23H23N5O4. The molecule has 9 nitrogen and oxygen atoms in total. The van der Waals surface area contributed by atoms with E-state index in [9.17, 15) is 14.4 Å². The third-order valence-corrected chi connectivity index (χ3v) is 5.20. The van der Waals surface area contributed by atoms with Crippen molar-refractivity contribution in [1.29, 1.82) is 0 Å². The summed E-state index contributed by atoms with van der Waals surface area (Å²) in [5.41, 5.74) is 3.37. The lowest BCUT2D eigenvalue weighted by molar-refractivity contribution is -0.125. The molecule has 3 N–H and O–H groups in total. The number of anilines is 3. The third-order valence-electron chi connectivity index (χ3n) is 5.20. The third kappa shape index (κ3) is 4.18. The standard InChI is InChI=1S/C23H23N5O4/c1-13-21(15-7-9-18(32-3)10-8-15)27-28-19(12-20(30)26-22(13)28)23(31)25-17-6-4-5-16(11-17)24-14(2)29/h4-11,19H,12H2,1-3H3,(H,24,29)(H,25,31)(H,26,30). The van der Waals surface area contributed by atoms with Crippen LogP contribution in [0.2, 0.25) is 0 Å². The molecule has 1 atom stereocenters. The maximum atomic E-state index is 13.1. The van der Waals surface area contributed by atoms with Crippen molar-refractivity contribution in [3.8, 4) is 17.0 Å². The highest BCUT2D eigenvalue weighted by Crippen LogP contribution is 2.35. The number of nitrogens with one attached hydrogen (secondary N) is 3. The first-order valence-corrected chi connectivity index (χ1v) is 10.1. The Kier molecular flexibility index (Phi) is 5.63. The average Bonchev–Trinajstić information content (AvgIpc) is 3.09. The van der Waals surface area contributed by atoms with E-state index >= 15 is 0 Å². The van der Waals surface area contributed by atoms with Crippen molar-refractivity contribution in [1.82, 2.24) is 9.78 Å². The number of carbonyl (C=O) groups is 3. The van der Waals surface area contributed by atoms with Crippen LogP contribution in [0.4, 0.5) is 17.2 Å². The van der Waals surface area contributed by atoms with Gasteiger partial charge in [0.05, 0.1) is 19.2 Å². The van der Waals surface area contributed by atoms with Gasteiger partial charge < -0.3 is 20.7 Å². The van der Waals surface area contributed by atoms with Crippen LogP contribution in [0.25, 0.3) is 11.3 Å². The Morgan fingerprint density at radius 1 is 1.12 bits per heavy atom. The van der Waals surface area contributed by atoms with Crippen LogP contribution in [0.3, 0.4) is 0 Å². The molecule has 1 aliphatic rings. The first-order valence-electron chi connectivity index (χ1n) is 10.1. The number of nitrogens with zero attached hydrogens (tertiary/aromatic N) is 2. The van der Waals surface area contributed by atoms with Gasteiger partial charge in [-0.3, -0.25) is 14.4 Å². The Morgan fingerprint density at radius 3 is 2.47 bits per heavy atom. The van der Waals surface area contributed by atoms with E-state index in [0.29, 0.717) is 22.9 Å². The van der Waals surface area contributed by atoms with E-state index in [4.69, 9.17) is 4.74 Å². The maximum Gasteiger partial charge on any atom is 0.249 e. The number of carbonyl (C=O) groups excluding carboxylic acids is 3. The molecule has 0 fully saturated rings. The molecule has 0 radical (unpaired) electrons. The summed E-state index contributed by atoms with van der Waals surface area (Å²) in [5, 5.41) is 13.0. The second-order valence-electron chi connectivity index (χ2n) is 7.51. The van der Waals surface area contributed by atoms with E-state index < -0.39 is 6.04 Å². The van der Waals surface area contributed by atoms with Crippen LogP contribution in [0.15, 0.2) is 48.5 Å². The van der Waals surface area contributed by atoms with Crippen LogP contribution in [0.1, 0.15) is 24.9 Å². The van der Waals surface area contributed by atoms with Gasteiger partial charge in [0, 0.05) is 29.4 Å². The monoisotopic (exact) mass is 433 g/mol. The largest absolute Gasteiger partial charge is 0.497 e. The van der Waals surface area contributed by atoms with Gasteiger partial charge in [-0.2, -0.15) is 5.10 Å². The minimum absolute atomic E-state index is 0.0343. The SMILES string of the molecule is COc1ccc(-c2nn3c(c2C)NC(=O)CC3C(=O)Nc2cccc(NC(C)=O)c2)cc1. The molecule has 1 unspecified atom stereocenters. The summed E-state index contributed by atoms with van der Waals surface area (Å²) in [6.45, 7) is 3.27. The first-order chi connectivity index (χ1) is 15.4. The van der Waals surface area contributed by atoms with Crippen molar-refractivity contribution in [3.05, 3.63) is 54.1 Å². The molecule has 1 aromatic heterocycles. The number of ether oxygens (including phenoxy) is 1. The molecule has 0 spiro atoms. The van der Waals surface area contributed by atoms with Crippen molar-refractivity contribution >= 4 is 34.9 Å². The lowest BCUT2D eigenvalue weighted by Crippen LogP contribution is -2.35. The highest BCUT2D eigenvalue weighted by molar-refractivity contribution is 6.02. The van der Waals surface area contributed by atoms with Crippen molar-refractivity contribution in [2.75, 3.05) is 23.1 Å². The molecule has 9 heteroatoms. The summed E-state index contributed by atoms with van der Waals surface area (Å²) in [5.74, 6) is 0.389. The molecule has 0 aliphatic carbocycles. The quantitative estimate of drug-likeness (QED) is 0.571. The van der Waals surface area contributed by atoms with Gasteiger partial charge >= 0.3 is 0 Å². The van der Waals surface area contributed by atoms with E-state index in [0.717, 1.165) is 16.9 Å². The van der Waals surface area contributed by atoms with E-state index in [1.807, 2.05) is 31.2 Å². The van der Waals surface area contributed by atoms with E-state index in [2.05, 4.69) is 21.0 Å². The van der Waals surface area contributed by atoms with Gasteiger partial charge in [0.25, 0.3) is 0 Å². The maximum absolute atomic E-state index is 13.1. The number of hydrogen-bond donors (Lipinski definition) is 3. The Morgan fingerprint density at radius 2 is 1.81 bits per heavy atom. The molecule has 4 rings (SSSR count). The van der Waals surface area contributed by atoms with Gasteiger partial charge in [0.1, 0.15) is 17.6 Å². The first kappa shape index (κ1) is 21.1. The second kappa shape index (κ2) is 8.54. The van der Waals surface area contributed by atoms with Crippen LogP contribution in [-0.4, -0.2) is 34.6 Å². The summed E-state index contributed by atoms with van der Waals surface area (Å²) in [6, 6.07) is 13.4. The fourth-order valence-electron chi connectivity index (χ4n) is 3.67. The molecule has 2 heterocycles. The predicted octanol–water partition coefficient (Wildman–Crippen LogP) is 3.35. The van der Waals surface area contributed by atoms with E-state index in [-0.39, 0.29) is 24.1 Å². The van der Waals surface area contributed by atoms with Crippen LogP contribution in [0.5, 0.6) is 5.75 Å². The number of fused-ring (bicyclic) bond motifs is 1. The zero-order valence-corrected chi connectivity index (χ0v) is 17.9. The molecule has 1 aliphatic heterocycles. The Balaban J connectivity index is 1.63. The summed E-state index contributed by atoms with van der Waals surface area (Å²) in [6.07, 6.45) is -0.0343. The predicted molar refractivity (Wildman–Crippen MR) is 121 cm³/mol. The number of benzene rings is 2. The molecule has 0 saturated carbocycles. The van der Waals surface area contributed by atoms with Crippen LogP contribution in [0, 0.1) is 6.92 Å². The zero-order chi connectivity index (χ0) is 22.8. The average molecular weight is 433 g/mol. The molecule has 0 bridgehead atoms. The van der Waals surface area contributed by atoms with Crippen molar-refractivity contribution < 1.29 is 19.1 Å². The highest BCUT2D eigenvalue weighted by Gasteiger charge is 2.34. The van der Waals surface area contributed by atoms with Gasteiger partial charge in [0.15, 0.2) is 0 Å². The topological polar surface area (TPSA) is 114 Å². The fourth-order valence-corrected chi connectivity index (χ4v) is 3.67. The van der Waals surface area contributed by atoms with Gasteiger partial charge in [-0.15, -0.1) is 0 Å². The fraction of sp³-hybridized carbons (Fsp3) is 0.217. The van der Waals surface area contributed by atoms with Gasteiger partial charge in [-0.05, 0) is 49.4 Å². The molecule has 3 amide bonds. The zero-order valence-electron chi connectivity index (χ0n) is 17.9. The van der Waals surface area contributed by atoms with Crippen molar-refractivity contribution in [2.24, 2.45) is 0 Å².